The van der Waals surface area contributed by atoms with Crippen molar-refractivity contribution in [2.45, 2.75) is 50.7 Å². The van der Waals surface area contributed by atoms with E-state index in [4.69, 9.17) is 0 Å². The normalized spacial score (nSPS) is 21.8. The topological polar surface area (TPSA) is 50.9 Å². The van der Waals surface area contributed by atoms with Crippen LogP contribution in [-0.2, 0) is 19.4 Å². The number of aliphatic hydroxyl groups excluding tert-OH is 1. The van der Waals surface area contributed by atoms with Gasteiger partial charge in [-0.05, 0) is 43.2 Å². The Morgan fingerprint density at radius 1 is 1.10 bits per heavy atom. The van der Waals surface area contributed by atoms with Crippen molar-refractivity contribution in [3.05, 3.63) is 47.0 Å². The van der Waals surface area contributed by atoms with E-state index in [1.807, 2.05) is 0 Å². The molecule has 1 saturated carbocycles. The van der Waals surface area contributed by atoms with E-state index >= 15 is 0 Å². The summed E-state index contributed by atoms with van der Waals surface area (Å²) in [5, 5.41) is 18.0. The van der Waals surface area contributed by atoms with Crippen LogP contribution in [-0.4, -0.2) is 19.9 Å². The molecule has 0 radical (unpaired) electrons. The first-order valence-corrected chi connectivity index (χ1v) is 7.48. The summed E-state index contributed by atoms with van der Waals surface area (Å²) in [5.74, 6) is 2.27. The van der Waals surface area contributed by atoms with Crippen molar-refractivity contribution < 1.29 is 5.11 Å². The Bertz CT molecular complexity index is 630. The number of aryl methyl sites for hydroxylation is 1. The van der Waals surface area contributed by atoms with E-state index in [0.29, 0.717) is 12.0 Å². The van der Waals surface area contributed by atoms with E-state index in [2.05, 4.69) is 39.0 Å². The Kier molecular flexibility index (Phi) is 2.84. The quantitative estimate of drug-likeness (QED) is 0.930. The number of nitrogens with zero attached hydrogens (tertiary/aromatic N) is 3. The summed E-state index contributed by atoms with van der Waals surface area (Å²) in [5.41, 5.74) is 2.92. The molecule has 0 spiro atoms. The molecular weight excluding hydrogens is 250 g/mol. The summed E-state index contributed by atoms with van der Waals surface area (Å²) in [4.78, 5) is 0. The molecule has 1 atom stereocenters. The van der Waals surface area contributed by atoms with Gasteiger partial charge < -0.3 is 9.67 Å². The second-order valence-corrected chi connectivity index (χ2v) is 5.94. The minimum Gasteiger partial charge on any atom is -0.388 e. The maximum absolute atomic E-state index is 9.44. The van der Waals surface area contributed by atoms with Crippen LogP contribution in [0.4, 0.5) is 0 Å². The first-order chi connectivity index (χ1) is 9.86. The Balaban J connectivity index is 1.68. The first kappa shape index (κ1) is 12.1. The molecule has 0 aliphatic heterocycles. The van der Waals surface area contributed by atoms with Gasteiger partial charge in [0.1, 0.15) is 12.4 Å². The third kappa shape index (κ3) is 1.95. The number of benzene rings is 1. The lowest BCUT2D eigenvalue weighted by atomic mass is 9.83. The Morgan fingerprint density at radius 3 is 2.65 bits per heavy atom. The lowest BCUT2D eigenvalue weighted by molar-refractivity contribution is 0.263. The van der Waals surface area contributed by atoms with Gasteiger partial charge in [0.25, 0.3) is 0 Å². The maximum Gasteiger partial charge on any atom is 0.159 e. The predicted octanol–water partition coefficient (Wildman–Crippen LogP) is 2.38. The van der Waals surface area contributed by atoms with Gasteiger partial charge in [-0.2, -0.15) is 0 Å². The second kappa shape index (κ2) is 4.70. The van der Waals surface area contributed by atoms with Crippen LogP contribution >= 0.6 is 0 Å². The molecule has 20 heavy (non-hydrogen) atoms. The summed E-state index contributed by atoms with van der Waals surface area (Å²) >= 11 is 0. The van der Waals surface area contributed by atoms with Crippen LogP contribution in [0.3, 0.4) is 0 Å². The summed E-state index contributed by atoms with van der Waals surface area (Å²) in [6, 6.07) is 9.23. The molecule has 1 fully saturated rings. The van der Waals surface area contributed by atoms with Crippen LogP contribution in [0.25, 0.3) is 0 Å². The number of aromatic nitrogens is 3. The van der Waals surface area contributed by atoms with E-state index in [9.17, 15) is 5.11 Å². The average molecular weight is 269 g/mol. The molecule has 1 heterocycles. The smallest absolute Gasteiger partial charge is 0.159 e. The minimum absolute atomic E-state index is 0.00714. The van der Waals surface area contributed by atoms with Crippen molar-refractivity contribution in [2.24, 2.45) is 0 Å². The third-order valence-corrected chi connectivity index (χ3v) is 4.56. The molecule has 2 aromatic rings. The monoisotopic (exact) mass is 269 g/mol. The van der Waals surface area contributed by atoms with Crippen LogP contribution in [0, 0.1) is 0 Å². The van der Waals surface area contributed by atoms with E-state index in [-0.39, 0.29) is 6.61 Å². The highest BCUT2D eigenvalue weighted by Crippen LogP contribution is 2.40. The molecule has 1 N–H and O–H groups in total. The molecule has 2 aliphatic rings. The maximum atomic E-state index is 9.44. The average Bonchev–Trinajstić information content (AvgIpc) is 3.25. The Hall–Kier alpha value is -1.68. The molecule has 4 heteroatoms. The zero-order chi connectivity index (χ0) is 13.5. The highest BCUT2D eigenvalue weighted by atomic mass is 16.3. The Morgan fingerprint density at radius 2 is 1.90 bits per heavy atom. The molecule has 1 aromatic heterocycles. The fourth-order valence-electron chi connectivity index (χ4n) is 3.37. The predicted molar refractivity (Wildman–Crippen MR) is 75.4 cm³/mol. The molecule has 0 saturated heterocycles. The molecule has 4 rings (SSSR count). The van der Waals surface area contributed by atoms with Crippen LogP contribution in [0.1, 0.15) is 54.0 Å². The summed E-state index contributed by atoms with van der Waals surface area (Å²) < 4.78 is 2.21. The van der Waals surface area contributed by atoms with Gasteiger partial charge in [0.05, 0.1) is 0 Å². The highest BCUT2D eigenvalue weighted by Gasteiger charge is 2.33. The van der Waals surface area contributed by atoms with Crippen LogP contribution in [0.15, 0.2) is 24.3 Å². The van der Waals surface area contributed by atoms with Crippen molar-refractivity contribution in [2.75, 3.05) is 0 Å². The fourth-order valence-corrected chi connectivity index (χ4v) is 3.37. The van der Waals surface area contributed by atoms with Gasteiger partial charge in [-0.3, -0.25) is 0 Å². The van der Waals surface area contributed by atoms with Crippen molar-refractivity contribution >= 4 is 0 Å². The Labute approximate surface area is 118 Å². The molecule has 0 bridgehead atoms. The first-order valence-electron chi connectivity index (χ1n) is 7.48. The SMILES string of the molecule is OCc1nnc(C2CCc3ccccc3C2)n1C1CC1. The van der Waals surface area contributed by atoms with Crippen molar-refractivity contribution in [1.82, 2.24) is 14.8 Å². The molecule has 4 nitrogen and oxygen atoms in total. The molecule has 0 amide bonds. The molecule has 1 aromatic carbocycles. The van der Waals surface area contributed by atoms with Gasteiger partial charge in [0.2, 0.25) is 0 Å². The van der Waals surface area contributed by atoms with Gasteiger partial charge in [0.15, 0.2) is 5.82 Å². The lowest BCUT2D eigenvalue weighted by Crippen LogP contribution is -2.17. The number of rotatable bonds is 3. The van der Waals surface area contributed by atoms with Gasteiger partial charge in [0, 0.05) is 12.0 Å². The molecule has 2 aliphatic carbocycles. The van der Waals surface area contributed by atoms with E-state index < -0.39 is 0 Å². The minimum atomic E-state index is -0.00714. The summed E-state index contributed by atoms with van der Waals surface area (Å²) in [7, 11) is 0. The zero-order valence-electron chi connectivity index (χ0n) is 11.5. The van der Waals surface area contributed by atoms with Gasteiger partial charge in [-0.15, -0.1) is 10.2 Å². The van der Waals surface area contributed by atoms with E-state index in [1.165, 1.54) is 24.0 Å². The lowest BCUT2D eigenvalue weighted by Gasteiger charge is -2.24. The number of fused-ring (bicyclic) bond motifs is 1. The second-order valence-electron chi connectivity index (χ2n) is 5.94. The van der Waals surface area contributed by atoms with Gasteiger partial charge in [-0.1, -0.05) is 24.3 Å². The fraction of sp³-hybridized carbons (Fsp3) is 0.500. The van der Waals surface area contributed by atoms with Crippen LogP contribution in [0.2, 0.25) is 0 Å². The standard InChI is InChI=1S/C16H19N3O/c20-10-15-17-18-16(19(15)14-7-8-14)13-6-5-11-3-1-2-4-12(11)9-13/h1-4,13-14,20H,5-10H2. The van der Waals surface area contributed by atoms with E-state index in [0.717, 1.165) is 30.9 Å². The molecular formula is C16H19N3O. The van der Waals surface area contributed by atoms with Crippen molar-refractivity contribution in [3.8, 4) is 0 Å². The van der Waals surface area contributed by atoms with Gasteiger partial charge in [-0.25, -0.2) is 0 Å². The third-order valence-electron chi connectivity index (χ3n) is 4.56. The zero-order valence-corrected chi connectivity index (χ0v) is 11.5. The van der Waals surface area contributed by atoms with Crippen LogP contribution < -0.4 is 0 Å². The molecule has 1 unspecified atom stereocenters. The number of hydrogen-bond donors (Lipinski definition) is 1. The largest absolute Gasteiger partial charge is 0.388 e. The van der Waals surface area contributed by atoms with Crippen LogP contribution in [0.5, 0.6) is 0 Å². The number of hydrogen-bond acceptors (Lipinski definition) is 3. The van der Waals surface area contributed by atoms with Crippen molar-refractivity contribution in [1.29, 1.82) is 0 Å². The summed E-state index contributed by atoms with van der Waals surface area (Å²) in [6.45, 7) is -0.00714. The van der Waals surface area contributed by atoms with E-state index in [1.54, 1.807) is 0 Å². The highest BCUT2D eigenvalue weighted by molar-refractivity contribution is 5.31. The summed E-state index contributed by atoms with van der Waals surface area (Å²) in [6.07, 6.45) is 5.69. The van der Waals surface area contributed by atoms with Gasteiger partial charge >= 0.3 is 0 Å². The molecule has 104 valence electrons. The number of aliphatic hydroxyl groups is 1. The van der Waals surface area contributed by atoms with Crippen molar-refractivity contribution in [3.63, 3.8) is 0 Å².